The van der Waals surface area contributed by atoms with Crippen molar-refractivity contribution in [2.45, 2.75) is 25.1 Å². The van der Waals surface area contributed by atoms with Crippen molar-refractivity contribution in [3.05, 3.63) is 39.4 Å². The molecule has 1 rings (SSSR count). The normalized spacial score (nSPS) is 11.9. The van der Waals surface area contributed by atoms with E-state index in [0.717, 1.165) is 6.42 Å². The van der Waals surface area contributed by atoms with Crippen LogP contribution in [0.5, 0.6) is 0 Å². The number of nitro benzene ring substituents is 1. The minimum atomic E-state index is -0.518. The van der Waals surface area contributed by atoms with Gasteiger partial charge in [-0.25, -0.2) is 0 Å². The molecule has 6 heteroatoms. The third kappa shape index (κ3) is 3.53. The molecular weight excluding hydrogens is 300 g/mol. The molecule has 0 radical (unpaired) electrons. The number of hydrogen-bond donors (Lipinski definition) is 1. The predicted octanol–water partition coefficient (Wildman–Crippen LogP) is 2.81. The Labute approximate surface area is 114 Å². The summed E-state index contributed by atoms with van der Waals surface area (Å²) >= 11 is 3.39. The first-order chi connectivity index (χ1) is 8.47. The van der Waals surface area contributed by atoms with Crippen LogP contribution < -0.4 is 5.32 Å². The summed E-state index contributed by atoms with van der Waals surface area (Å²) in [6.07, 6.45) is 0.871. The largest absolute Gasteiger partial charge is 0.351 e. The number of nitro groups is 1. The number of carbonyl (C=O) groups is 1. The molecule has 1 amide bonds. The average Bonchev–Trinajstić information content (AvgIpc) is 2.34. The second kappa shape index (κ2) is 6.49. The Hall–Kier alpha value is -1.43. The SMILES string of the molecule is CCC(Br)CNC(=O)c1cccc(C)c1[N+](=O)[O-]. The Morgan fingerprint density at radius 1 is 1.56 bits per heavy atom. The minimum absolute atomic E-state index is 0.107. The van der Waals surface area contributed by atoms with E-state index in [9.17, 15) is 14.9 Å². The van der Waals surface area contributed by atoms with Crippen LogP contribution in [0, 0.1) is 17.0 Å². The molecule has 0 bridgehead atoms. The zero-order chi connectivity index (χ0) is 13.7. The highest BCUT2D eigenvalue weighted by molar-refractivity contribution is 9.09. The first kappa shape index (κ1) is 14.6. The zero-order valence-electron chi connectivity index (χ0n) is 10.3. The van der Waals surface area contributed by atoms with E-state index >= 15 is 0 Å². The Bertz CT molecular complexity index is 463. The highest BCUT2D eigenvalue weighted by Crippen LogP contribution is 2.22. The lowest BCUT2D eigenvalue weighted by molar-refractivity contribution is -0.385. The van der Waals surface area contributed by atoms with Crippen LogP contribution in [0.1, 0.15) is 29.3 Å². The van der Waals surface area contributed by atoms with Gasteiger partial charge >= 0.3 is 0 Å². The molecule has 1 aromatic carbocycles. The van der Waals surface area contributed by atoms with E-state index in [1.807, 2.05) is 6.92 Å². The lowest BCUT2D eigenvalue weighted by atomic mass is 10.1. The third-order valence-corrected chi connectivity index (χ3v) is 3.56. The van der Waals surface area contributed by atoms with E-state index in [2.05, 4.69) is 21.2 Å². The van der Waals surface area contributed by atoms with Crippen molar-refractivity contribution in [3.63, 3.8) is 0 Å². The summed E-state index contributed by atoms with van der Waals surface area (Å²) in [5.74, 6) is -0.414. The summed E-state index contributed by atoms with van der Waals surface area (Å²) in [5.41, 5.74) is 0.465. The molecule has 0 aliphatic rings. The van der Waals surface area contributed by atoms with Gasteiger partial charge in [-0.3, -0.25) is 14.9 Å². The van der Waals surface area contributed by atoms with Gasteiger partial charge in [-0.05, 0) is 19.4 Å². The molecule has 0 aliphatic heterocycles. The first-order valence-corrected chi connectivity index (χ1v) is 6.55. The van der Waals surface area contributed by atoms with Crippen molar-refractivity contribution in [3.8, 4) is 0 Å². The van der Waals surface area contributed by atoms with E-state index in [0.29, 0.717) is 12.1 Å². The molecule has 5 nitrogen and oxygen atoms in total. The van der Waals surface area contributed by atoms with E-state index in [1.54, 1.807) is 19.1 Å². The average molecular weight is 315 g/mol. The van der Waals surface area contributed by atoms with Gasteiger partial charge in [0.2, 0.25) is 0 Å². The Morgan fingerprint density at radius 3 is 2.78 bits per heavy atom. The Kier molecular flexibility index (Phi) is 5.27. The van der Waals surface area contributed by atoms with Gasteiger partial charge in [0.15, 0.2) is 0 Å². The van der Waals surface area contributed by atoms with E-state index in [1.165, 1.54) is 6.07 Å². The smallest absolute Gasteiger partial charge is 0.285 e. The van der Waals surface area contributed by atoms with Crippen LogP contribution in [-0.4, -0.2) is 22.2 Å². The number of hydrogen-bond acceptors (Lipinski definition) is 3. The number of para-hydroxylation sites is 1. The number of benzene rings is 1. The monoisotopic (exact) mass is 314 g/mol. The highest BCUT2D eigenvalue weighted by Gasteiger charge is 2.22. The fraction of sp³-hybridized carbons (Fsp3) is 0.417. The first-order valence-electron chi connectivity index (χ1n) is 5.63. The molecule has 0 saturated carbocycles. The number of nitrogens with one attached hydrogen (secondary N) is 1. The van der Waals surface area contributed by atoms with Crippen LogP contribution in [-0.2, 0) is 0 Å². The number of amides is 1. The molecule has 1 unspecified atom stereocenters. The molecular formula is C12H15BrN2O3. The number of nitrogens with zero attached hydrogens (tertiary/aromatic N) is 1. The molecule has 1 atom stereocenters. The topological polar surface area (TPSA) is 72.2 Å². The fourth-order valence-electron chi connectivity index (χ4n) is 1.53. The summed E-state index contributed by atoms with van der Waals surface area (Å²) in [6.45, 7) is 4.05. The van der Waals surface area contributed by atoms with Gasteiger partial charge in [-0.15, -0.1) is 0 Å². The number of halogens is 1. The number of carbonyl (C=O) groups excluding carboxylic acids is 1. The van der Waals surface area contributed by atoms with Crippen LogP contribution in [0.2, 0.25) is 0 Å². The predicted molar refractivity (Wildman–Crippen MR) is 73.2 cm³/mol. The zero-order valence-corrected chi connectivity index (χ0v) is 11.9. The van der Waals surface area contributed by atoms with Gasteiger partial charge in [0.25, 0.3) is 11.6 Å². The van der Waals surface area contributed by atoms with Gasteiger partial charge in [0.05, 0.1) is 4.92 Å². The molecule has 0 fully saturated rings. The maximum Gasteiger partial charge on any atom is 0.285 e. The quantitative estimate of drug-likeness (QED) is 0.516. The van der Waals surface area contributed by atoms with Gasteiger partial charge in [0, 0.05) is 16.9 Å². The van der Waals surface area contributed by atoms with Crippen molar-refractivity contribution in [2.24, 2.45) is 0 Å². The molecule has 0 aromatic heterocycles. The second-order valence-corrected chi connectivity index (χ2v) is 5.24. The van der Waals surface area contributed by atoms with Gasteiger partial charge in [0.1, 0.15) is 5.56 Å². The molecule has 18 heavy (non-hydrogen) atoms. The van der Waals surface area contributed by atoms with E-state index in [4.69, 9.17) is 0 Å². The highest BCUT2D eigenvalue weighted by atomic mass is 79.9. The van der Waals surface area contributed by atoms with E-state index in [-0.39, 0.29) is 16.1 Å². The molecule has 0 saturated heterocycles. The second-order valence-electron chi connectivity index (χ2n) is 3.94. The maximum absolute atomic E-state index is 11.9. The minimum Gasteiger partial charge on any atom is -0.351 e. The van der Waals surface area contributed by atoms with Gasteiger partial charge < -0.3 is 5.32 Å². The van der Waals surface area contributed by atoms with Crippen molar-refractivity contribution < 1.29 is 9.72 Å². The summed E-state index contributed by atoms with van der Waals surface area (Å²) in [6, 6.07) is 4.73. The van der Waals surface area contributed by atoms with Gasteiger partial charge in [-0.1, -0.05) is 35.0 Å². The summed E-state index contributed by atoms with van der Waals surface area (Å²) in [5, 5.41) is 13.6. The number of aryl methyl sites for hydroxylation is 1. The van der Waals surface area contributed by atoms with Crippen LogP contribution in [0.15, 0.2) is 18.2 Å². The number of alkyl halides is 1. The lowest BCUT2D eigenvalue weighted by Gasteiger charge is -2.09. The fourth-order valence-corrected chi connectivity index (χ4v) is 1.69. The molecule has 98 valence electrons. The van der Waals surface area contributed by atoms with Crippen molar-refractivity contribution in [1.82, 2.24) is 5.32 Å². The molecule has 0 spiro atoms. The van der Waals surface area contributed by atoms with Crippen LogP contribution in [0.25, 0.3) is 0 Å². The maximum atomic E-state index is 11.9. The summed E-state index contributed by atoms with van der Waals surface area (Å²) in [4.78, 5) is 22.5. The standard InChI is InChI=1S/C12H15BrN2O3/c1-3-9(13)7-14-12(16)10-6-4-5-8(2)11(10)15(17)18/h4-6,9H,3,7H2,1-2H3,(H,14,16). The van der Waals surface area contributed by atoms with Crippen molar-refractivity contribution in [2.75, 3.05) is 6.54 Å². The van der Waals surface area contributed by atoms with Crippen molar-refractivity contribution in [1.29, 1.82) is 0 Å². The Balaban J connectivity index is 2.92. The summed E-state index contributed by atoms with van der Waals surface area (Å²) in [7, 11) is 0. The molecule has 0 aliphatic carbocycles. The summed E-state index contributed by atoms with van der Waals surface area (Å²) < 4.78 is 0. The van der Waals surface area contributed by atoms with Crippen LogP contribution in [0.4, 0.5) is 5.69 Å². The Morgan fingerprint density at radius 2 is 2.22 bits per heavy atom. The molecule has 0 heterocycles. The lowest BCUT2D eigenvalue weighted by Crippen LogP contribution is -2.29. The number of rotatable bonds is 5. The van der Waals surface area contributed by atoms with Gasteiger partial charge in [-0.2, -0.15) is 0 Å². The van der Waals surface area contributed by atoms with E-state index < -0.39 is 10.8 Å². The van der Waals surface area contributed by atoms with Crippen molar-refractivity contribution >= 4 is 27.5 Å². The third-order valence-electron chi connectivity index (χ3n) is 2.59. The van der Waals surface area contributed by atoms with Crippen LogP contribution in [0.3, 0.4) is 0 Å². The molecule has 1 aromatic rings. The van der Waals surface area contributed by atoms with Crippen LogP contribution >= 0.6 is 15.9 Å². The molecule has 1 N–H and O–H groups in total.